The lowest BCUT2D eigenvalue weighted by atomic mass is 9.82. The third-order valence-electron chi connectivity index (χ3n) is 4.32. The van der Waals surface area contributed by atoms with E-state index in [-0.39, 0.29) is 18.4 Å². The maximum absolute atomic E-state index is 11.9. The lowest BCUT2D eigenvalue weighted by Gasteiger charge is -2.28. The van der Waals surface area contributed by atoms with E-state index in [1.165, 1.54) is 0 Å². The van der Waals surface area contributed by atoms with Gasteiger partial charge < -0.3 is 10.4 Å². The van der Waals surface area contributed by atoms with E-state index in [2.05, 4.69) is 5.32 Å². The Morgan fingerprint density at radius 3 is 2.00 bits per heavy atom. The van der Waals surface area contributed by atoms with Crippen molar-refractivity contribution in [1.82, 2.24) is 5.32 Å². The van der Waals surface area contributed by atoms with Crippen LogP contribution in [0.4, 0.5) is 0 Å². The molecule has 0 saturated carbocycles. The van der Waals surface area contributed by atoms with Gasteiger partial charge in [-0.05, 0) is 18.8 Å². The summed E-state index contributed by atoms with van der Waals surface area (Å²) in [5.74, 6) is -0.636. The molecule has 1 amide bonds. The van der Waals surface area contributed by atoms with Crippen molar-refractivity contribution in [3.63, 3.8) is 0 Å². The summed E-state index contributed by atoms with van der Waals surface area (Å²) in [4.78, 5) is 23.2. The number of carbonyl (C=O) groups excluding carboxylic acids is 1. The number of carboxylic acids is 1. The molecule has 2 N–H and O–H groups in total. The normalized spacial score (nSPS) is 14.9. The van der Waals surface area contributed by atoms with Crippen LogP contribution in [-0.2, 0) is 9.59 Å². The molecule has 0 saturated heterocycles. The van der Waals surface area contributed by atoms with Gasteiger partial charge >= 0.3 is 5.97 Å². The molecule has 4 nitrogen and oxygen atoms in total. The Labute approximate surface area is 110 Å². The third-order valence-corrected chi connectivity index (χ3v) is 4.32. The third kappa shape index (κ3) is 4.00. The second-order valence-corrected chi connectivity index (χ2v) is 5.18. The van der Waals surface area contributed by atoms with Crippen molar-refractivity contribution in [2.75, 3.05) is 6.54 Å². The summed E-state index contributed by atoms with van der Waals surface area (Å²) >= 11 is 0. The predicted octanol–water partition coefficient (Wildman–Crippen LogP) is 2.68. The van der Waals surface area contributed by atoms with E-state index in [4.69, 9.17) is 0 Å². The van der Waals surface area contributed by atoms with Gasteiger partial charge in [-0.1, -0.05) is 41.0 Å². The molecule has 4 heteroatoms. The van der Waals surface area contributed by atoms with E-state index >= 15 is 0 Å². The first kappa shape index (κ1) is 16.9. The monoisotopic (exact) mass is 257 g/mol. The van der Waals surface area contributed by atoms with E-state index in [0.29, 0.717) is 18.8 Å². The first-order chi connectivity index (χ1) is 8.34. The largest absolute Gasteiger partial charge is 0.481 e. The van der Waals surface area contributed by atoms with Crippen LogP contribution in [0, 0.1) is 17.3 Å². The van der Waals surface area contributed by atoms with Crippen molar-refractivity contribution in [1.29, 1.82) is 0 Å². The van der Waals surface area contributed by atoms with E-state index in [0.717, 1.165) is 6.42 Å². The summed E-state index contributed by atoms with van der Waals surface area (Å²) in [6.07, 6.45) is 1.99. The summed E-state index contributed by atoms with van der Waals surface area (Å²) in [6.45, 7) is 9.89. The highest BCUT2D eigenvalue weighted by Gasteiger charge is 2.35. The molecule has 0 aromatic carbocycles. The Morgan fingerprint density at radius 1 is 1.17 bits per heavy atom. The summed E-state index contributed by atoms with van der Waals surface area (Å²) in [5, 5.41) is 12.1. The number of nitrogens with one attached hydrogen (secondary N) is 1. The Kier molecular flexibility index (Phi) is 6.96. The van der Waals surface area contributed by atoms with Crippen LogP contribution in [0.2, 0.25) is 0 Å². The summed E-state index contributed by atoms with van der Waals surface area (Å²) < 4.78 is 0. The first-order valence-corrected chi connectivity index (χ1v) is 6.85. The molecule has 0 aliphatic carbocycles. The number of hydrogen-bond donors (Lipinski definition) is 2. The zero-order valence-corrected chi connectivity index (χ0v) is 12.2. The van der Waals surface area contributed by atoms with E-state index in [1.807, 2.05) is 34.6 Å². The molecule has 0 heterocycles. The molecule has 0 bridgehead atoms. The van der Waals surface area contributed by atoms with Gasteiger partial charge in [0.25, 0.3) is 0 Å². The molecule has 0 rings (SSSR count). The van der Waals surface area contributed by atoms with Crippen molar-refractivity contribution in [3.8, 4) is 0 Å². The van der Waals surface area contributed by atoms with Crippen LogP contribution in [-0.4, -0.2) is 23.5 Å². The second kappa shape index (κ2) is 7.39. The van der Waals surface area contributed by atoms with Gasteiger partial charge in [-0.3, -0.25) is 9.59 Å². The van der Waals surface area contributed by atoms with E-state index in [9.17, 15) is 14.7 Å². The Morgan fingerprint density at radius 2 is 1.67 bits per heavy atom. The molecule has 0 aliphatic heterocycles. The standard InChI is InChI=1S/C14H27NO3/c1-6-10(4)11(5)12(16)15-9-14(7-2,8-3)13(17)18/h10-11H,6-9H2,1-5H3,(H,15,16)(H,17,18). The highest BCUT2D eigenvalue weighted by Crippen LogP contribution is 2.26. The lowest BCUT2D eigenvalue weighted by Crippen LogP contribution is -2.44. The Bertz CT molecular complexity index is 285. The minimum atomic E-state index is -0.830. The molecule has 0 aliphatic rings. The highest BCUT2D eigenvalue weighted by atomic mass is 16.4. The quantitative estimate of drug-likeness (QED) is 0.702. The van der Waals surface area contributed by atoms with Crippen LogP contribution < -0.4 is 5.32 Å². The van der Waals surface area contributed by atoms with Gasteiger partial charge in [0.05, 0.1) is 5.41 Å². The van der Waals surface area contributed by atoms with Crippen LogP contribution in [0.5, 0.6) is 0 Å². The smallest absolute Gasteiger partial charge is 0.311 e. The van der Waals surface area contributed by atoms with Crippen LogP contribution in [0.15, 0.2) is 0 Å². The van der Waals surface area contributed by atoms with Crippen LogP contribution in [0.1, 0.15) is 53.9 Å². The van der Waals surface area contributed by atoms with Crippen molar-refractivity contribution < 1.29 is 14.7 Å². The number of amides is 1. The van der Waals surface area contributed by atoms with Crippen molar-refractivity contribution in [2.45, 2.75) is 53.9 Å². The Balaban J connectivity index is 4.54. The summed E-state index contributed by atoms with van der Waals surface area (Å²) in [6, 6.07) is 0. The molecular weight excluding hydrogens is 230 g/mol. The van der Waals surface area contributed by atoms with Crippen molar-refractivity contribution in [2.24, 2.45) is 17.3 Å². The molecule has 18 heavy (non-hydrogen) atoms. The van der Waals surface area contributed by atoms with E-state index in [1.54, 1.807) is 0 Å². The molecular formula is C14H27NO3. The van der Waals surface area contributed by atoms with Gasteiger partial charge in [0.1, 0.15) is 0 Å². The van der Waals surface area contributed by atoms with E-state index < -0.39 is 11.4 Å². The minimum Gasteiger partial charge on any atom is -0.481 e. The average molecular weight is 257 g/mol. The molecule has 0 aromatic heterocycles. The van der Waals surface area contributed by atoms with Gasteiger partial charge in [-0.15, -0.1) is 0 Å². The molecule has 0 fully saturated rings. The first-order valence-electron chi connectivity index (χ1n) is 6.85. The second-order valence-electron chi connectivity index (χ2n) is 5.18. The SMILES string of the molecule is CCC(C)C(C)C(=O)NCC(CC)(CC)C(=O)O. The molecule has 0 spiro atoms. The van der Waals surface area contributed by atoms with Gasteiger partial charge in [-0.2, -0.15) is 0 Å². The lowest BCUT2D eigenvalue weighted by molar-refractivity contribution is -0.149. The van der Waals surface area contributed by atoms with Crippen LogP contribution >= 0.6 is 0 Å². The summed E-state index contributed by atoms with van der Waals surface area (Å²) in [7, 11) is 0. The van der Waals surface area contributed by atoms with Crippen molar-refractivity contribution in [3.05, 3.63) is 0 Å². The van der Waals surface area contributed by atoms with Crippen molar-refractivity contribution >= 4 is 11.9 Å². The fraction of sp³-hybridized carbons (Fsp3) is 0.857. The fourth-order valence-electron chi connectivity index (χ4n) is 1.91. The van der Waals surface area contributed by atoms with Gasteiger partial charge in [0, 0.05) is 12.5 Å². The van der Waals surface area contributed by atoms with Gasteiger partial charge in [0.2, 0.25) is 5.91 Å². The predicted molar refractivity (Wildman–Crippen MR) is 72.3 cm³/mol. The molecule has 2 unspecified atom stereocenters. The highest BCUT2D eigenvalue weighted by molar-refractivity contribution is 5.80. The average Bonchev–Trinajstić information content (AvgIpc) is 2.37. The molecule has 0 aromatic rings. The zero-order chi connectivity index (χ0) is 14.3. The maximum atomic E-state index is 11.9. The molecule has 106 valence electrons. The zero-order valence-electron chi connectivity index (χ0n) is 12.2. The number of rotatable bonds is 8. The number of hydrogen-bond acceptors (Lipinski definition) is 2. The molecule has 2 atom stereocenters. The number of carbonyl (C=O) groups is 2. The van der Waals surface area contributed by atoms with Gasteiger partial charge in [0.15, 0.2) is 0 Å². The van der Waals surface area contributed by atoms with Crippen LogP contribution in [0.3, 0.4) is 0 Å². The van der Waals surface area contributed by atoms with Gasteiger partial charge in [-0.25, -0.2) is 0 Å². The number of carboxylic acid groups (broad SMARTS) is 1. The van der Waals surface area contributed by atoms with Crippen LogP contribution in [0.25, 0.3) is 0 Å². The Hall–Kier alpha value is -1.06. The maximum Gasteiger partial charge on any atom is 0.311 e. The molecule has 0 radical (unpaired) electrons. The minimum absolute atomic E-state index is 0.0446. The summed E-state index contributed by atoms with van der Waals surface area (Å²) in [5.41, 5.74) is -0.829. The topological polar surface area (TPSA) is 66.4 Å². The number of aliphatic carboxylic acids is 1. The fourth-order valence-corrected chi connectivity index (χ4v) is 1.91.